The summed E-state index contributed by atoms with van der Waals surface area (Å²) in [6, 6.07) is 2.43. The molecular weight excluding hydrogens is 214 g/mol. The molecule has 0 aliphatic heterocycles. The predicted molar refractivity (Wildman–Crippen MR) is 66.0 cm³/mol. The van der Waals surface area contributed by atoms with Gasteiger partial charge in [-0.1, -0.05) is 13.8 Å². The van der Waals surface area contributed by atoms with E-state index in [1.807, 2.05) is 18.7 Å². The highest BCUT2D eigenvalue weighted by atomic mass is 15.3. The monoisotopic (exact) mass is 235 g/mol. The molecule has 1 heterocycles. The van der Waals surface area contributed by atoms with Gasteiger partial charge in [0.25, 0.3) is 0 Å². The average Bonchev–Trinajstić information content (AvgIpc) is 2.65. The van der Waals surface area contributed by atoms with Crippen LogP contribution in [0.25, 0.3) is 0 Å². The molecule has 0 bridgehead atoms. The fourth-order valence-corrected chi connectivity index (χ4v) is 1.58. The van der Waals surface area contributed by atoms with Crippen LogP contribution < -0.4 is 0 Å². The summed E-state index contributed by atoms with van der Waals surface area (Å²) in [6.07, 6.45) is 2.13. The van der Waals surface area contributed by atoms with Gasteiger partial charge >= 0.3 is 0 Å². The minimum atomic E-state index is 0.240. The molecule has 0 radical (unpaired) electrons. The van der Waals surface area contributed by atoms with E-state index in [-0.39, 0.29) is 6.04 Å². The molecule has 17 heavy (non-hydrogen) atoms. The first-order valence-corrected chi connectivity index (χ1v) is 5.98. The quantitative estimate of drug-likeness (QED) is 0.752. The first-order valence-electron chi connectivity index (χ1n) is 5.98. The number of rotatable bonds is 6. The summed E-state index contributed by atoms with van der Waals surface area (Å²) in [5.74, 6) is 1.52. The van der Waals surface area contributed by atoms with Crippen LogP contribution in [-0.2, 0) is 13.1 Å². The van der Waals surface area contributed by atoms with Gasteiger partial charge in [0.2, 0.25) is 0 Å². The first kappa shape index (κ1) is 13.7. The molecule has 5 heteroatoms. The van der Waals surface area contributed by atoms with Crippen LogP contribution in [0.4, 0.5) is 0 Å². The maximum Gasteiger partial charge on any atom is 0.141 e. The van der Waals surface area contributed by atoms with E-state index in [9.17, 15) is 0 Å². The van der Waals surface area contributed by atoms with Crippen molar-refractivity contribution in [1.82, 2.24) is 19.7 Å². The van der Waals surface area contributed by atoms with Gasteiger partial charge in [-0.05, 0) is 19.9 Å². The Bertz CT molecular complexity index is 376. The normalized spacial score (nSPS) is 13.0. The van der Waals surface area contributed by atoms with E-state index >= 15 is 0 Å². The Kier molecular flexibility index (Phi) is 5.11. The largest absolute Gasteiger partial charge is 0.295 e. The maximum atomic E-state index is 8.68. The molecule has 1 aromatic heterocycles. The van der Waals surface area contributed by atoms with Crippen molar-refractivity contribution >= 4 is 0 Å². The van der Waals surface area contributed by atoms with Crippen LogP contribution in [-0.4, -0.2) is 32.8 Å². The van der Waals surface area contributed by atoms with E-state index < -0.39 is 0 Å². The summed E-state index contributed by atoms with van der Waals surface area (Å²) in [7, 11) is 2.01. The maximum absolute atomic E-state index is 8.68. The van der Waals surface area contributed by atoms with Gasteiger partial charge in [-0.25, -0.2) is 9.67 Å². The van der Waals surface area contributed by atoms with Crippen molar-refractivity contribution in [2.75, 3.05) is 7.05 Å². The third-order valence-corrected chi connectivity index (χ3v) is 2.76. The molecule has 0 saturated heterocycles. The number of hydrogen-bond donors (Lipinski definition) is 0. The van der Waals surface area contributed by atoms with Crippen LogP contribution >= 0.6 is 0 Å². The minimum absolute atomic E-state index is 0.240. The lowest BCUT2D eigenvalue weighted by molar-refractivity contribution is 0.240. The Morgan fingerprint density at radius 2 is 2.18 bits per heavy atom. The number of hydrogen-bond acceptors (Lipinski definition) is 4. The molecule has 1 atom stereocenters. The lowest BCUT2D eigenvalue weighted by Crippen LogP contribution is -2.29. The number of aromatic nitrogens is 3. The lowest BCUT2D eigenvalue weighted by Gasteiger charge is -2.22. The van der Waals surface area contributed by atoms with Gasteiger partial charge in [-0.2, -0.15) is 10.4 Å². The van der Waals surface area contributed by atoms with Gasteiger partial charge in [0.05, 0.1) is 19.0 Å². The number of nitrogens with zero attached hydrogens (tertiary/aromatic N) is 5. The second-order valence-corrected chi connectivity index (χ2v) is 4.88. The van der Waals surface area contributed by atoms with E-state index in [1.54, 1.807) is 6.33 Å². The fourth-order valence-electron chi connectivity index (χ4n) is 1.58. The highest BCUT2D eigenvalue weighted by molar-refractivity contribution is 4.87. The molecule has 1 aromatic rings. The van der Waals surface area contributed by atoms with E-state index in [0.717, 1.165) is 18.9 Å². The van der Waals surface area contributed by atoms with Crippen LogP contribution in [0, 0.1) is 17.2 Å². The summed E-state index contributed by atoms with van der Waals surface area (Å²) < 4.78 is 1.94. The Morgan fingerprint density at radius 1 is 1.47 bits per heavy atom. The molecule has 0 fully saturated rings. The highest BCUT2D eigenvalue weighted by Crippen LogP contribution is 2.07. The topological polar surface area (TPSA) is 57.7 Å². The second-order valence-electron chi connectivity index (χ2n) is 4.88. The van der Waals surface area contributed by atoms with Gasteiger partial charge in [0, 0.05) is 12.6 Å². The zero-order chi connectivity index (χ0) is 12.8. The van der Waals surface area contributed by atoms with Gasteiger partial charge in [0.1, 0.15) is 12.2 Å². The fraction of sp³-hybridized carbons (Fsp3) is 0.750. The highest BCUT2D eigenvalue weighted by Gasteiger charge is 2.13. The minimum Gasteiger partial charge on any atom is -0.295 e. The van der Waals surface area contributed by atoms with Gasteiger partial charge in [0.15, 0.2) is 0 Å². The third kappa shape index (κ3) is 4.16. The van der Waals surface area contributed by atoms with Crippen LogP contribution in [0.3, 0.4) is 0 Å². The predicted octanol–water partition coefficient (Wildman–Crippen LogP) is 1.67. The van der Waals surface area contributed by atoms with Crippen molar-refractivity contribution in [2.45, 2.75) is 46.3 Å². The van der Waals surface area contributed by atoms with E-state index in [1.165, 1.54) is 0 Å². The van der Waals surface area contributed by atoms with Crippen molar-refractivity contribution < 1.29 is 0 Å². The Morgan fingerprint density at radius 3 is 2.76 bits per heavy atom. The Hall–Kier alpha value is -1.41. The summed E-state index contributed by atoms with van der Waals surface area (Å²) >= 11 is 0. The van der Waals surface area contributed by atoms with Crippen molar-refractivity contribution in [2.24, 2.45) is 5.92 Å². The zero-order valence-electron chi connectivity index (χ0n) is 11.1. The van der Waals surface area contributed by atoms with Crippen LogP contribution in [0.15, 0.2) is 6.33 Å². The van der Waals surface area contributed by atoms with Gasteiger partial charge in [-0.15, -0.1) is 0 Å². The molecule has 0 aromatic carbocycles. The van der Waals surface area contributed by atoms with Crippen LogP contribution in [0.1, 0.15) is 33.0 Å². The molecule has 0 aliphatic carbocycles. The Balaban J connectivity index is 2.62. The molecule has 5 nitrogen and oxygen atoms in total. The molecule has 0 spiro atoms. The molecule has 0 amide bonds. The average molecular weight is 235 g/mol. The van der Waals surface area contributed by atoms with Crippen molar-refractivity contribution in [1.29, 1.82) is 5.26 Å². The zero-order valence-corrected chi connectivity index (χ0v) is 11.1. The molecule has 94 valence electrons. The Labute approximate surface area is 103 Å². The summed E-state index contributed by atoms with van der Waals surface area (Å²) in [6.45, 7) is 7.98. The van der Waals surface area contributed by atoms with Crippen molar-refractivity contribution in [3.05, 3.63) is 12.2 Å². The summed E-state index contributed by atoms with van der Waals surface area (Å²) in [5, 5.41) is 12.9. The van der Waals surface area contributed by atoms with E-state index in [0.29, 0.717) is 12.3 Å². The standard InChI is InChI=1S/C12H21N5/c1-10(2)7-17-12(14-9-15-17)8-16(4)11(3)5-6-13/h9-11H,5,7-8H2,1-4H3. The number of nitriles is 1. The second kappa shape index (κ2) is 6.36. The van der Waals surface area contributed by atoms with Crippen molar-refractivity contribution in [3.8, 4) is 6.07 Å². The molecule has 0 N–H and O–H groups in total. The third-order valence-electron chi connectivity index (χ3n) is 2.76. The molecule has 0 saturated carbocycles. The van der Waals surface area contributed by atoms with E-state index in [2.05, 4.69) is 34.9 Å². The van der Waals surface area contributed by atoms with Crippen molar-refractivity contribution in [3.63, 3.8) is 0 Å². The first-order chi connectivity index (χ1) is 8.04. The van der Waals surface area contributed by atoms with Crippen LogP contribution in [0.2, 0.25) is 0 Å². The molecular formula is C12H21N5. The SMILES string of the molecule is CC(C)Cn1ncnc1CN(C)C(C)CC#N. The molecule has 1 unspecified atom stereocenters. The van der Waals surface area contributed by atoms with Gasteiger partial charge in [-0.3, -0.25) is 4.90 Å². The van der Waals surface area contributed by atoms with Gasteiger partial charge < -0.3 is 0 Å². The van der Waals surface area contributed by atoms with E-state index in [4.69, 9.17) is 5.26 Å². The van der Waals surface area contributed by atoms with Crippen LogP contribution in [0.5, 0.6) is 0 Å². The summed E-state index contributed by atoms with van der Waals surface area (Å²) in [4.78, 5) is 6.41. The smallest absolute Gasteiger partial charge is 0.141 e. The lowest BCUT2D eigenvalue weighted by atomic mass is 10.2. The molecule has 0 aliphatic rings. The molecule has 1 rings (SSSR count). The summed E-state index contributed by atoms with van der Waals surface area (Å²) in [5.41, 5.74) is 0.